The van der Waals surface area contributed by atoms with Crippen molar-refractivity contribution < 1.29 is 9.72 Å². The summed E-state index contributed by atoms with van der Waals surface area (Å²) in [5, 5.41) is 13.7. The van der Waals surface area contributed by atoms with Crippen molar-refractivity contribution in [3.05, 3.63) is 64.2 Å². The maximum absolute atomic E-state index is 12.1. The second-order valence-corrected chi connectivity index (χ2v) is 5.56. The second-order valence-electron chi connectivity index (χ2n) is 5.56. The first-order valence-corrected chi connectivity index (χ1v) is 8.15. The van der Waals surface area contributed by atoms with Crippen LogP contribution in [0, 0.1) is 10.1 Å². The summed E-state index contributed by atoms with van der Waals surface area (Å²) in [6.45, 7) is 4.25. The largest absolute Gasteiger partial charge is 0.393 e. The molecule has 0 aliphatic carbocycles. The number of carbonyl (C=O) groups is 1. The summed E-state index contributed by atoms with van der Waals surface area (Å²) in [7, 11) is 0. The van der Waals surface area contributed by atoms with Crippen LogP contribution in [0.15, 0.2) is 48.5 Å². The van der Waals surface area contributed by atoms with Gasteiger partial charge in [0.2, 0.25) is 0 Å². The molecule has 0 aromatic heterocycles. The molecule has 0 radical (unpaired) electrons. The van der Waals surface area contributed by atoms with Gasteiger partial charge in [0.15, 0.2) is 0 Å². The van der Waals surface area contributed by atoms with Gasteiger partial charge in [-0.3, -0.25) is 14.9 Å². The fourth-order valence-corrected chi connectivity index (χ4v) is 2.53. The molecule has 0 atom stereocenters. The Labute approximate surface area is 146 Å². The van der Waals surface area contributed by atoms with Crippen LogP contribution in [0.25, 0.3) is 0 Å². The molecule has 2 aromatic carbocycles. The third-order valence-corrected chi connectivity index (χ3v) is 3.88. The molecule has 7 heteroatoms. The molecule has 0 saturated carbocycles. The molecule has 0 fully saturated rings. The molecule has 0 saturated heterocycles. The smallest absolute Gasteiger partial charge is 0.292 e. The molecule has 2 aromatic rings. The standard InChI is InChI=1S/C18H22N4O3/c1-2-21(15-7-4-3-5-8-15)12-6-11-20-18(23)14-9-10-16(19)17(13-14)22(24)25/h3-5,7-10,13H,2,6,11-12,19H2,1H3,(H,20,23). The maximum Gasteiger partial charge on any atom is 0.292 e. The number of nitro groups is 1. The van der Waals surface area contributed by atoms with Crippen LogP contribution in [0.4, 0.5) is 17.1 Å². The zero-order chi connectivity index (χ0) is 18.2. The van der Waals surface area contributed by atoms with E-state index in [1.165, 1.54) is 18.2 Å². The van der Waals surface area contributed by atoms with E-state index in [-0.39, 0.29) is 22.8 Å². The zero-order valence-electron chi connectivity index (χ0n) is 14.1. The van der Waals surface area contributed by atoms with Gasteiger partial charge in [0.05, 0.1) is 4.92 Å². The first-order chi connectivity index (χ1) is 12.0. The highest BCUT2D eigenvalue weighted by atomic mass is 16.6. The number of anilines is 2. The average molecular weight is 342 g/mol. The summed E-state index contributed by atoms with van der Waals surface area (Å²) in [5.41, 5.74) is 6.70. The van der Waals surface area contributed by atoms with Gasteiger partial charge >= 0.3 is 0 Å². The summed E-state index contributed by atoms with van der Waals surface area (Å²) in [6, 6.07) is 14.1. The van der Waals surface area contributed by atoms with Gasteiger partial charge in [0.25, 0.3) is 11.6 Å². The normalized spacial score (nSPS) is 10.3. The number of para-hydroxylation sites is 1. The Balaban J connectivity index is 1.86. The van der Waals surface area contributed by atoms with Crippen LogP contribution < -0.4 is 16.0 Å². The van der Waals surface area contributed by atoms with E-state index in [0.29, 0.717) is 6.54 Å². The number of nitrogens with two attached hydrogens (primary N) is 1. The molecule has 2 rings (SSSR count). The molecule has 1 amide bonds. The van der Waals surface area contributed by atoms with Crippen LogP contribution in [0.3, 0.4) is 0 Å². The Morgan fingerprint density at radius 2 is 1.96 bits per heavy atom. The molecule has 0 aliphatic heterocycles. The number of hydrogen-bond donors (Lipinski definition) is 2. The highest BCUT2D eigenvalue weighted by Crippen LogP contribution is 2.22. The number of nitrogens with zero attached hydrogens (tertiary/aromatic N) is 2. The summed E-state index contributed by atoms with van der Waals surface area (Å²) >= 11 is 0. The summed E-state index contributed by atoms with van der Waals surface area (Å²) in [4.78, 5) is 24.6. The molecule has 7 nitrogen and oxygen atoms in total. The minimum absolute atomic E-state index is 0.0444. The fourth-order valence-electron chi connectivity index (χ4n) is 2.53. The Morgan fingerprint density at radius 1 is 1.24 bits per heavy atom. The zero-order valence-corrected chi connectivity index (χ0v) is 14.1. The third-order valence-electron chi connectivity index (χ3n) is 3.88. The highest BCUT2D eigenvalue weighted by molar-refractivity contribution is 5.95. The molecule has 25 heavy (non-hydrogen) atoms. The van der Waals surface area contributed by atoms with Gasteiger partial charge in [-0.1, -0.05) is 18.2 Å². The highest BCUT2D eigenvalue weighted by Gasteiger charge is 2.15. The summed E-state index contributed by atoms with van der Waals surface area (Å²) in [6.07, 6.45) is 0.769. The van der Waals surface area contributed by atoms with Crippen molar-refractivity contribution in [2.24, 2.45) is 0 Å². The number of benzene rings is 2. The Hall–Kier alpha value is -3.09. The van der Waals surface area contributed by atoms with Crippen LogP contribution in [0.2, 0.25) is 0 Å². The van der Waals surface area contributed by atoms with Crippen molar-refractivity contribution in [2.75, 3.05) is 30.3 Å². The van der Waals surface area contributed by atoms with Crippen LogP contribution in [-0.2, 0) is 0 Å². The molecular weight excluding hydrogens is 320 g/mol. The van der Waals surface area contributed by atoms with E-state index in [4.69, 9.17) is 5.73 Å². The Bertz CT molecular complexity index is 734. The van der Waals surface area contributed by atoms with E-state index in [0.717, 1.165) is 25.2 Å². The molecule has 0 unspecified atom stereocenters. The van der Waals surface area contributed by atoms with Gasteiger partial charge in [-0.25, -0.2) is 0 Å². The fraction of sp³-hybridized carbons (Fsp3) is 0.278. The Morgan fingerprint density at radius 3 is 2.60 bits per heavy atom. The molecule has 0 heterocycles. The third kappa shape index (κ3) is 4.94. The van der Waals surface area contributed by atoms with E-state index in [2.05, 4.69) is 29.3 Å². The lowest BCUT2D eigenvalue weighted by Gasteiger charge is -2.23. The number of nitrogens with one attached hydrogen (secondary N) is 1. The topological polar surface area (TPSA) is 102 Å². The van der Waals surface area contributed by atoms with Crippen LogP contribution >= 0.6 is 0 Å². The lowest BCUT2D eigenvalue weighted by molar-refractivity contribution is -0.383. The van der Waals surface area contributed by atoms with Gasteiger partial charge in [0, 0.05) is 37.0 Å². The van der Waals surface area contributed by atoms with E-state index < -0.39 is 4.92 Å². The predicted molar refractivity (Wildman–Crippen MR) is 98.8 cm³/mol. The quantitative estimate of drug-likeness (QED) is 0.332. The predicted octanol–water partition coefficient (Wildman–Crippen LogP) is 2.82. The molecular formula is C18H22N4O3. The number of nitrogen functional groups attached to an aromatic ring is 1. The number of rotatable bonds is 8. The van der Waals surface area contributed by atoms with Gasteiger partial charge in [0.1, 0.15) is 5.69 Å². The van der Waals surface area contributed by atoms with Crippen LogP contribution in [-0.4, -0.2) is 30.5 Å². The van der Waals surface area contributed by atoms with Crippen molar-refractivity contribution >= 4 is 23.0 Å². The number of nitro benzene ring substituents is 1. The van der Waals surface area contributed by atoms with Crippen molar-refractivity contribution in [2.45, 2.75) is 13.3 Å². The van der Waals surface area contributed by atoms with E-state index in [9.17, 15) is 14.9 Å². The van der Waals surface area contributed by atoms with Crippen LogP contribution in [0.5, 0.6) is 0 Å². The van der Waals surface area contributed by atoms with Crippen molar-refractivity contribution in [3.63, 3.8) is 0 Å². The lowest BCUT2D eigenvalue weighted by Crippen LogP contribution is -2.30. The molecule has 0 aliphatic rings. The van der Waals surface area contributed by atoms with Crippen molar-refractivity contribution in [3.8, 4) is 0 Å². The Kier molecular flexibility index (Phi) is 6.33. The number of hydrogen-bond acceptors (Lipinski definition) is 5. The first-order valence-electron chi connectivity index (χ1n) is 8.15. The second kappa shape index (κ2) is 8.68. The van der Waals surface area contributed by atoms with E-state index in [1.807, 2.05) is 18.2 Å². The van der Waals surface area contributed by atoms with Crippen molar-refractivity contribution in [1.29, 1.82) is 0 Å². The first kappa shape index (κ1) is 18.3. The molecule has 3 N–H and O–H groups in total. The molecule has 0 spiro atoms. The van der Waals surface area contributed by atoms with E-state index >= 15 is 0 Å². The summed E-state index contributed by atoms with van der Waals surface area (Å²) < 4.78 is 0. The average Bonchev–Trinajstić information content (AvgIpc) is 2.62. The molecule has 132 valence electrons. The van der Waals surface area contributed by atoms with Gasteiger partial charge in [-0.05, 0) is 37.6 Å². The maximum atomic E-state index is 12.1. The van der Waals surface area contributed by atoms with Crippen molar-refractivity contribution in [1.82, 2.24) is 5.32 Å². The van der Waals surface area contributed by atoms with Gasteiger partial charge < -0.3 is 16.0 Å². The minimum Gasteiger partial charge on any atom is -0.393 e. The van der Waals surface area contributed by atoms with Gasteiger partial charge in [-0.15, -0.1) is 0 Å². The lowest BCUT2D eigenvalue weighted by atomic mass is 10.1. The number of carbonyl (C=O) groups excluding carboxylic acids is 1. The SMILES string of the molecule is CCN(CCCNC(=O)c1ccc(N)c([N+](=O)[O-])c1)c1ccccc1. The monoisotopic (exact) mass is 342 g/mol. The minimum atomic E-state index is -0.592. The van der Waals surface area contributed by atoms with Gasteiger partial charge in [-0.2, -0.15) is 0 Å². The summed E-state index contributed by atoms with van der Waals surface area (Å²) in [5.74, 6) is -0.342. The van der Waals surface area contributed by atoms with Crippen LogP contribution in [0.1, 0.15) is 23.7 Å². The molecule has 0 bridgehead atoms. The number of amides is 1. The van der Waals surface area contributed by atoms with E-state index in [1.54, 1.807) is 0 Å².